The summed E-state index contributed by atoms with van der Waals surface area (Å²) in [5.41, 5.74) is 0. The monoisotopic (exact) mass is 208 g/mol. The van der Waals surface area contributed by atoms with Gasteiger partial charge in [0.15, 0.2) is 0 Å². The summed E-state index contributed by atoms with van der Waals surface area (Å²) in [7, 11) is 0. The molecule has 1 unspecified atom stereocenters. The molecule has 1 atom stereocenters. The molecule has 0 amide bonds. The van der Waals surface area contributed by atoms with Crippen LogP contribution in [0.2, 0.25) is 0 Å². The van der Waals surface area contributed by atoms with Crippen molar-refractivity contribution in [2.75, 3.05) is 26.2 Å². The lowest BCUT2D eigenvalue weighted by Crippen LogP contribution is -2.39. The van der Waals surface area contributed by atoms with Gasteiger partial charge in [-0.3, -0.25) is 0 Å². The number of nitrogens with zero attached hydrogens (tertiary/aromatic N) is 1. The summed E-state index contributed by atoms with van der Waals surface area (Å²) in [4.78, 5) is 2.64. The molecule has 1 aliphatic carbocycles. The van der Waals surface area contributed by atoms with Crippen molar-refractivity contribution in [3.05, 3.63) is 12.7 Å². The third kappa shape index (κ3) is 3.96. The van der Waals surface area contributed by atoms with Crippen LogP contribution in [0.15, 0.2) is 12.7 Å². The number of nitrogens with one attached hydrogen (secondary N) is 1. The van der Waals surface area contributed by atoms with E-state index < -0.39 is 0 Å². The van der Waals surface area contributed by atoms with E-state index in [0.717, 1.165) is 18.4 Å². The van der Waals surface area contributed by atoms with Crippen LogP contribution in [-0.4, -0.2) is 37.1 Å². The molecule has 2 nitrogen and oxygen atoms in total. The zero-order valence-corrected chi connectivity index (χ0v) is 9.75. The van der Waals surface area contributed by atoms with Crippen LogP contribution < -0.4 is 5.32 Å². The van der Waals surface area contributed by atoms with Crippen LogP contribution in [0, 0.1) is 5.92 Å². The van der Waals surface area contributed by atoms with Gasteiger partial charge in [0.25, 0.3) is 0 Å². The molecule has 2 aliphatic rings. The highest BCUT2D eigenvalue weighted by molar-refractivity contribution is 4.83. The maximum absolute atomic E-state index is 3.82. The molecule has 1 aliphatic heterocycles. The molecule has 86 valence electrons. The second-order valence-corrected chi connectivity index (χ2v) is 5.07. The molecule has 0 aromatic heterocycles. The predicted molar refractivity (Wildman–Crippen MR) is 65.0 cm³/mol. The minimum atomic E-state index is 0.758. The zero-order chi connectivity index (χ0) is 10.5. The Balaban J connectivity index is 1.71. The van der Waals surface area contributed by atoms with E-state index in [0.29, 0.717) is 0 Å². The SMILES string of the molecule is C=CCCN(CC1CC1)CC1CCCN1. The summed E-state index contributed by atoms with van der Waals surface area (Å²) in [6, 6.07) is 0.758. The molecule has 0 aromatic rings. The van der Waals surface area contributed by atoms with E-state index >= 15 is 0 Å². The van der Waals surface area contributed by atoms with Gasteiger partial charge < -0.3 is 10.2 Å². The van der Waals surface area contributed by atoms with E-state index in [1.807, 2.05) is 6.08 Å². The Kier molecular flexibility index (Phi) is 4.21. The molecular weight excluding hydrogens is 184 g/mol. The predicted octanol–water partition coefficient (Wildman–Crippen LogP) is 2.03. The Morgan fingerprint density at radius 3 is 2.73 bits per heavy atom. The Hall–Kier alpha value is -0.340. The van der Waals surface area contributed by atoms with Gasteiger partial charge >= 0.3 is 0 Å². The van der Waals surface area contributed by atoms with Crippen molar-refractivity contribution in [3.8, 4) is 0 Å². The summed E-state index contributed by atoms with van der Waals surface area (Å²) in [5, 5.41) is 3.59. The summed E-state index contributed by atoms with van der Waals surface area (Å²) in [6.07, 6.45) is 8.84. The molecule has 1 saturated heterocycles. The van der Waals surface area contributed by atoms with Gasteiger partial charge in [-0.15, -0.1) is 6.58 Å². The van der Waals surface area contributed by atoms with Crippen LogP contribution in [0.25, 0.3) is 0 Å². The van der Waals surface area contributed by atoms with Gasteiger partial charge in [-0.2, -0.15) is 0 Å². The topological polar surface area (TPSA) is 15.3 Å². The maximum atomic E-state index is 3.82. The third-order valence-corrected chi connectivity index (χ3v) is 3.50. The van der Waals surface area contributed by atoms with E-state index in [-0.39, 0.29) is 0 Å². The largest absolute Gasteiger partial charge is 0.313 e. The van der Waals surface area contributed by atoms with Crippen molar-refractivity contribution < 1.29 is 0 Å². The van der Waals surface area contributed by atoms with E-state index in [1.54, 1.807) is 0 Å². The number of rotatable bonds is 7. The minimum absolute atomic E-state index is 0.758. The molecule has 1 saturated carbocycles. The first-order valence-corrected chi connectivity index (χ1v) is 6.45. The van der Waals surface area contributed by atoms with Crippen LogP contribution in [0.4, 0.5) is 0 Å². The van der Waals surface area contributed by atoms with Gasteiger partial charge in [0, 0.05) is 25.7 Å². The standard InChI is InChI=1S/C13H24N2/c1-2-3-9-15(10-12-6-7-12)11-13-5-4-8-14-13/h2,12-14H,1,3-11H2. The summed E-state index contributed by atoms with van der Waals surface area (Å²) >= 11 is 0. The van der Waals surface area contributed by atoms with Crippen molar-refractivity contribution in [1.29, 1.82) is 0 Å². The molecule has 0 radical (unpaired) electrons. The van der Waals surface area contributed by atoms with Crippen molar-refractivity contribution in [1.82, 2.24) is 10.2 Å². The van der Waals surface area contributed by atoms with Gasteiger partial charge in [0.1, 0.15) is 0 Å². The summed E-state index contributed by atoms with van der Waals surface area (Å²) in [5.74, 6) is 1.01. The van der Waals surface area contributed by atoms with Gasteiger partial charge in [-0.25, -0.2) is 0 Å². The number of hydrogen-bond donors (Lipinski definition) is 1. The van der Waals surface area contributed by atoms with Crippen LogP contribution in [-0.2, 0) is 0 Å². The van der Waals surface area contributed by atoms with Gasteiger partial charge in [0.2, 0.25) is 0 Å². The fourth-order valence-corrected chi connectivity index (χ4v) is 2.42. The fourth-order valence-electron chi connectivity index (χ4n) is 2.42. The molecule has 0 aromatic carbocycles. The van der Waals surface area contributed by atoms with Gasteiger partial charge in [-0.05, 0) is 44.6 Å². The van der Waals surface area contributed by atoms with Crippen LogP contribution >= 0.6 is 0 Å². The van der Waals surface area contributed by atoms with Crippen LogP contribution in [0.1, 0.15) is 32.1 Å². The third-order valence-electron chi connectivity index (χ3n) is 3.50. The van der Waals surface area contributed by atoms with E-state index in [2.05, 4.69) is 16.8 Å². The Morgan fingerprint density at radius 1 is 1.27 bits per heavy atom. The van der Waals surface area contributed by atoms with Crippen LogP contribution in [0.3, 0.4) is 0 Å². The average Bonchev–Trinajstić information content (AvgIpc) is 2.90. The van der Waals surface area contributed by atoms with Gasteiger partial charge in [0.05, 0.1) is 0 Å². The van der Waals surface area contributed by atoms with E-state index in [1.165, 1.54) is 51.9 Å². The first kappa shape index (κ1) is 11.2. The fraction of sp³-hybridized carbons (Fsp3) is 0.846. The van der Waals surface area contributed by atoms with E-state index in [9.17, 15) is 0 Å². The summed E-state index contributed by atoms with van der Waals surface area (Å²) < 4.78 is 0. The lowest BCUT2D eigenvalue weighted by molar-refractivity contribution is 0.244. The Labute approximate surface area is 93.7 Å². The second-order valence-electron chi connectivity index (χ2n) is 5.07. The maximum Gasteiger partial charge on any atom is 0.0195 e. The summed E-state index contributed by atoms with van der Waals surface area (Å²) in [6.45, 7) is 8.83. The van der Waals surface area contributed by atoms with Crippen molar-refractivity contribution in [2.45, 2.75) is 38.1 Å². The average molecular weight is 208 g/mol. The Bertz CT molecular complexity index is 193. The first-order chi connectivity index (χ1) is 7.38. The lowest BCUT2D eigenvalue weighted by atomic mass is 10.2. The highest BCUT2D eigenvalue weighted by Crippen LogP contribution is 2.29. The Morgan fingerprint density at radius 2 is 2.13 bits per heavy atom. The molecule has 1 heterocycles. The number of hydrogen-bond acceptors (Lipinski definition) is 2. The van der Waals surface area contributed by atoms with E-state index in [4.69, 9.17) is 0 Å². The molecule has 15 heavy (non-hydrogen) atoms. The molecule has 0 bridgehead atoms. The highest BCUT2D eigenvalue weighted by Gasteiger charge is 2.25. The molecule has 2 rings (SSSR count). The van der Waals surface area contributed by atoms with Crippen LogP contribution in [0.5, 0.6) is 0 Å². The van der Waals surface area contributed by atoms with Crippen molar-refractivity contribution >= 4 is 0 Å². The molecule has 2 fully saturated rings. The smallest absolute Gasteiger partial charge is 0.0195 e. The normalized spacial score (nSPS) is 26.1. The lowest BCUT2D eigenvalue weighted by Gasteiger charge is -2.25. The second kappa shape index (κ2) is 5.66. The molecule has 0 spiro atoms. The van der Waals surface area contributed by atoms with Crippen molar-refractivity contribution in [3.63, 3.8) is 0 Å². The first-order valence-electron chi connectivity index (χ1n) is 6.45. The quantitative estimate of drug-likeness (QED) is 0.644. The molecule has 2 heteroatoms. The van der Waals surface area contributed by atoms with Crippen molar-refractivity contribution in [2.24, 2.45) is 5.92 Å². The molecular formula is C13H24N2. The van der Waals surface area contributed by atoms with Gasteiger partial charge in [-0.1, -0.05) is 6.08 Å². The zero-order valence-electron chi connectivity index (χ0n) is 9.75. The highest BCUT2D eigenvalue weighted by atomic mass is 15.2. The minimum Gasteiger partial charge on any atom is -0.313 e. The molecule has 1 N–H and O–H groups in total.